The van der Waals surface area contributed by atoms with Crippen LogP contribution in [0, 0.1) is 0 Å². The fraction of sp³-hybridized carbons (Fsp3) is 0.474. The number of anilines is 2. The molecule has 0 bridgehead atoms. The molecule has 0 amide bonds. The highest BCUT2D eigenvalue weighted by Gasteiger charge is 2.34. The molecule has 3 N–H and O–H groups in total. The van der Waals surface area contributed by atoms with E-state index in [9.17, 15) is 0 Å². The first-order valence-corrected chi connectivity index (χ1v) is 8.92. The molecule has 1 aromatic carbocycles. The normalized spacial score (nSPS) is 25.3. The van der Waals surface area contributed by atoms with Crippen molar-refractivity contribution in [3.8, 4) is 0 Å². The number of nitrogens with two attached hydrogens (primary N) is 1. The number of rotatable bonds is 5. The van der Waals surface area contributed by atoms with Crippen LogP contribution in [-0.2, 0) is 11.2 Å². The molecule has 2 aliphatic rings. The molecule has 3 atom stereocenters. The smallest absolute Gasteiger partial charge is 0.134 e. The summed E-state index contributed by atoms with van der Waals surface area (Å²) in [6.45, 7) is 1.74. The molecule has 1 fully saturated rings. The zero-order valence-electron chi connectivity index (χ0n) is 14.6. The average Bonchev–Trinajstić information content (AvgIpc) is 3.24. The molecule has 1 saturated heterocycles. The third-order valence-corrected chi connectivity index (χ3v) is 5.41. The van der Waals surface area contributed by atoms with Gasteiger partial charge in [-0.15, -0.1) is 0 Å². The van der Waals surface area contributed by atoms with Gasteiger partial charge in [0, 0.05) is 38.3 Å². The third kappa shape index (κ3) is 3.32. The van der Waals surface area contributed by atoms with Gasteiger partial charge in [0.05, 0.1) is 6.10 Å². The maximum Gasteiger partial charge on any atom is 0.134 e. The van der Waals surface area contributed by atoms with Crippen LogP contribution in [0.2, 0.25) is 0 Å². The molecular formula is C19H25N5O. The van der Waals surface area contributed by atoms with Crippen molar-refractivity contribution >= 4 is 11.6 Å². The Bertz CT molecular complexity index is 737. The van der Waals surface area contributed by atoms with E-state index in [0.29, 0.717) is 17.9 Å². The average molecular weight is 339 g/mol. The van der Waals surface area contributed by atoms with Crippen LogP contribution in [0.15, 0.2) is 36.7 Å². The molecule has 6 heteroatoms. The number of nitrogen functional groups attached to an aromatic ring is 1. The molecule has 25 heavy (non-hydrogen) atoms. The fourth-order valence-corrected chi connectivity index (χ4v) is 4.08. The van der Waals surface area contributed by atoms with Crippen LogP contribution in [0.5, 0.6) is 0 Å². The van der Waals surface area contributed by atoms with Gasteiger partial charge in [0.15, 0.2) is 0 Å². The van der Waals surface area contributed by atoms with Crippen molar-refractivity contribution < 1.29 is 4.74 Å². The molecule has 1 aliphatic heterocycles. The molecule has 1 aromatic heterocycles. The maximum atomic E-state index is 5.84. The first-order chi connectivity index (χ1) is 12.2. The summed E-state index contributed by atoms with van der Waals surface area (Å²) in [5.41, 5.74) is 8.76. The summed E-state index contributed by atoms with van der Waals surface area (Å²) in [5, 5.41) is 3.77. The number of nitrogens with one attached hydrogen (secondary N) is 1. The van der Waals surface area contributed by atoms with Gasteiger partial charge in [0.1, 0.15) is 18.0 Å². The van der Waals surface area contributed by atoms with Crippen molar-refractivity contribution in [3.63, 3.8) is 0 Å². The topological polar surface area (TPSA) is 76.3 Å². The molecule has 0 saturated carbocycles. The molecule has 4 rings (SSSR count). The van der Waals surface area contributed by atoms with E-state index in [1.807, 2.05) is 6.07 Å². The largest absolute Gasteiger partial charge is 0.384 e. The molecule has 0 spiro atoms. The summed E-state index contributed by atoms with van der Waals surface area (Å²) in [5.74, 6) is 1.38. The van der Waals surface area contributed by atoms with Crippen LogP contribution in [0.3, 0.4) is 0 Å². The number of ether oxygens (including phenoxy) is 1. The van der Waals surface area contributed by atoms with Gasteiger partial charge in [-0.2, -0.15) is 0 Å². The summed E-state index contributed by atoms with van der Waals surface area (Å²) >= 11 is 0. The van der Waals surface area contributed by atoms with E-state index in [1.165, 1.54) is 23.9 Å². The Hall–Kier alpha value is -2.18. The Morgan fingerprint density at radius 2 is 2.20 bits per heavy atom. The molecule has 1 unspecified atom stereocenters. The van der Waals surface area contributed by atoms with Crippen LogP contribution < -0.4 is 16.0 Å². The lowest BCUT2D eigenvalue weighted by molar-refractivity contribution is 0.118. The number of nitrogens with zero attached hydrogens (tertiary/aromatic N) is 3. The summed E-state index contributed by atoms with van der Waals surface area (Å²) in [6, 6.07) is 11.4. The molecule has 1 aliphatic carbocycles. The number of hydrogen-bond donors (Lipinski definition) is 2. The number of methoxy groups -OCH3 is 1. The van der Waals surface area contributed by atoms with Crippen LogP contribution in [-0.4, -0.2) is 42.3 Å². The minimum Gasteiger partial charge on any atom is -0.384 e. The monoisotopic (exact) mass is 339 g/mol. The zero-order valence-corrected chi connectivity index (χ0v) is 14.6. The van der Waals surface area contributed by atoms with Crippen molar-refractivity contribution in [2.45, 2.75) is 37.5 Å². The van der Waals surface area contributed by atoms with E-state index in [-0.39, 0.29) is 6.10 Å². The molecular weight excluding hydrogens is 314 g/mol. The molecule has 6 nitrogen and oxygen atoms in total. The maximum absolute atomic E-state index is 5.84. The van der Waals surface area contributed by atoms with Gasteiger partial charge in [0.25, 0.3) is 0 Å². The Labute approximate surface area is 148 Å². The zero-order chi connectivity index (χ0) is 17.2. The van der Waals surface area contributed by atoms with Crippen molar-refractivity contribution in [3.05, 3.63) is 47.8 Å². The summed E-state index contributed by atoms with van der Waals surface area (Å²) in [7, 11) is 1.78. The number of aromatic nitrogens is 2. The lowest BCUT2D eigenvalue weighted by atomic mass is 10.1. The Balaban J connectivity index is 1.46. The van der Waals surface area contributed by atoms with E-state index < -0.39 is 0 Å². The highest BCUT2D eigenvalue weighted by Crippen LogP contribution is 2.32. The molecule has 0 radical (unpaired) electrons. The van der Waals surface area contributed by atoms with E-state index in [2.05, 4.69) is 44.5 Å². The van der Waals surface area contributed by atoms with Gasteiger partial charge >= 0.3 is 0 Å². The van der Waals surface area contributed by atoms with Crippen LogP contribution in [0.1, 0.15) is 30.0 Å². The van der Waals surface area contributed by atoms with Gasteiger partial charge in [-0.05, 0) is 30.4 Å². The third-order valence-electron chi connectivity index (χ3n) is 5.41. The second-order valence-corrected chi connectivity index (χ2v) is 6.90. The van der Waals surface area contributed by atoms with Gasteiger partial charge < -0.3 is 20.7 Å². The number of aryl methyl sites for hydroxylation is 1. The predicted octanol–water partition coefficient (Wildman–Crippen LogP) is 1.93. The van der Waals surface area contributed by atoms with Crippen LogP contribution >= 0.6 is 0 Å². The summed E-state index contributed by atoms with van der Waals surface area (Å²) in [4.78, 5) is 10.7. The van der Waals surface area contributed by atoms with Gasteiger partial charge in [-0.3, -0.25) is 0 Å². The first-order valence-electron chi connectivity index (χ1n) is 8.92. The second kappa shape index (κ2) is 6.98. The lowest BCUT2D eigenvalue weighted by Gasteiger charge is -2.27. The van der Waals surface area contributed by atoms with Gasteiger partial charge in [0.2, 0.25) is 0 Å². The van der Waals surface area contributed by atoms with Crippen molar-refractivity contribution in [1.82, 2.24) is 15.3 Å². The van der Waals surface area contributed by atoms with Crippen LogP contribution in [0.4, 0.5) is 11.6 Å². The highest BCUT2D eigenvalue weighted by atomic mass is 16.5. The number of benzene rings is 1. The quantitative estimate of drug-likeness (QED) is 0.867. The summed E-state index contributed by atoms with van der Waals surface area (Å²) < 4.78 is 5.61. The standard InChI is InChI=1S/C19H25N5O/c1-25-15-8-14(24(11-15)19-9-18(20)22-12-23-19)10-21-17-7-6-13-4-2-3-5-16(13)17/h2-5,9,12,14-15,17,21H,6-8,10-11H2,1H3,(H2,20,22,23)/t14-,15-,17?/m1/s1. The van der Waals surface area contributed by atoms with E-state index in [1.54, 1.807) is 7.11 Å². The van der Waals surface area contributed by atoms with Crippen molar-refractivity contribution in [2.24, 2.45) is 0 Å². The van der Waals surface area contributed by atoms with Gasteiger partial charge in [-0.25, -0.2) is 9.97 Å². The lowest BCUT2D eigenvalue weighted by Crippen LogP contribution is -2.39. The van der Waals surface area contributed by atoms with E-state index >= 15 is 0 Å². The molecule has 2 aromatic rings. The Morgan fingerprint density at radius 1 is 1.32 bits per heavy atom. The van der Waals surface area contributed by atoms with E-state index in [0.717, 1.165) is 31.7 Å². The van der Waals surface area contributed by atoms with Gasteiger partial charge in [-0.1, -0.05) is 24.3 Å². The molecule has 132 valence electrons. The minimum absolute atomic E-state index is 0.221. The summed E-state index contributed by atoms with van der Waals surface area (Å²) in [6.07, 6.45) is 5.06. The fourth-order valence-electron chi connectivity index (χ4n) is 4.08. The van der Waals surface area contributed by atoms with E-state index in [4.69, 9.17) is 10.5 Å². The second-order valence-electron chi connectivity index (χ2n) is 6.90. The predicted molar refractivity (Wildman–Crippen MR) is 98.5 cm³/mol. The first kappa shape index (κ1) is 16.3. The Morgan fingerprint density at radius 3 is 3.04 bits per heavy atom. The SMILES string of the molecule is CO[C@@H]1C[C@H](CNC2CCc3ccccc32)N(c2cc(N)ncn2)C1. The van der Waals surface area contributed by atoms with Crippen molar-refractivity contribution in [1.29, 1.82) is 0 Å². The Kier molecular flexibility index (Phi) is 4.55. The minimum atomic E-state index is 0.221. The number of fused-ring (bicyclic) bond motifs is 1. The van der Waals surface area contributed by atoms with Crippen molar-refractivity contribution in [2.75, 3.05) is 30.8 Å². The molecule has 2 heterocycles. The number of hydrogen-bond acceptors (Lipinski definition) is 6. The van der Waals surface area contributed by atoms with Crippen LogP contribution in [0.25, 0.3) is 0 Å². The highest BCUT2D eigenvalue weighted by molar-refractivity contribution is 5.48.